The molecule has 0 spiro atoms. The van der Waals surface area contributed by atoms with Crippen LogP contribution in [0.4, 0.5) is 4.39 Å². The Morgan fingerprint density at radius 3 is 2.60 bits per heavy atom. The molecule has 0 N–H and O–H groups in total. The second-order valence-corrected chi connectivity index (χ2v) is 5.06. The molecule has 0 saturated carbocycles. The lowest BCUT2D eigenvalue weighted by Gasteiger charge is -2.09. The predicted octanol–water partition coefficient (Wildman–Crippen LogP) is 2.66. The number of hydrogen-bond acceptors (Lipinski definition) is 2. The summed E-state index contributed by atoms with van der Waals surface area (Å²) in [5, 5.41) is 0. The van der Waals surface area contributed by atoms with E-state index in [1.54, 1.807) is 6.07 Å². The van der Waals surface area contributed by atoms with Gasteiger partial charge in [-0.25, -0.2) is 4.39 Å². The van der Waals surface area contributed by atoms with E-state index in [9.17, 15) is 8.60 Å². The van der Waals surface area contributed by atoms with E-state index < -0.39 is 16.6 Å². The minimum atomic E-state index is -1.08. The van der Waals surface area contributed by atoms with Crippen molar-refractivity contribution in [3.8, 4) is 5.75 Å². The molecule has 0 aromatic heterocycles. The molecule has 0 bridgehead atoms. The van der Waals surface area contributed by atoms with E-state index in [1.807, 2.05) is 19.9 Å². The normalized spacial score (nSPS) is 12.9. The first-order valence-electron chi connectivity index (χ1n) is 4.73. The fraction of sp³-hybridized carbons (Fsp3) is 0.455. The Morgan fingerprint density at radius 2 is 2.13 bits per heavy atom. The minimum absolute atomic E-state index is 0.0257. The summed E-state index contributed by atoms with van der Waals surface area (Å²) < 4.78 is 29.3. The van der Waals surface area contributed by atoms with E-state index in [2.05, 4.69) is 0 Å². The van der Waals surface area contributed by atoms with Gasteiger partial charge in [-0.2, -0.15) is 0 Å². The predicted molar refractivity (Wildman–Crippen MR) is 60.1 cm³/mol. The average molecular weight is 230 g/mol. The monoisotopic (exact) mass is 230 g/mol. The number of ether oxygens (including phenoxy) is 1. The van der Waals surface area contributed by atoms with Gasteiger partial charge in [0, 0.05) is 6.26 Å². The molecule has 1 unspecified atom stereocenters. The number of rotatable bonds is 4. The molecular weight excluding hydrogens is 215 g/mol. The van der Waals surface area contributed by atoms with Gasteiger partial charge in [-0.05, 0) is 23.6 Å². The maximum absolute atomic E-state index is 13.4. The third kappa shape index (κ3) is 3.63. The Hall–Kier alpha value is -0.900. The Balaban J connectivity index is 2.79. The van der Waals surface area contributed by atoms with Crippen molar-refractivity contribution in [2.45, 2.75) is 19.8 Å². The third-order valence-corrected chi connectivity index (χ3v) is 2.45. The second kappa shape index (κ2) is 5.26. The Morgan fingerprint density at radius 1 is 1.47 bits per heavy atom. The maximum Gasteiger partial charge on any atom is 0.165 e. The molecule has 84 valence electrons. The highest BCUT2D eigenvalue weighted by atomic mass is 32.2. The van der Waals surface area contributed by atoms with Crippen LogP contribution in [0.3, 0.4) is 0 Å². The fourth-order valence-electron chi connectivity index (χ4n) is 1.14. The zero-order valence-corrected chi connectivity index (χ0v) is 9.94. The van der Waals surface area contributed by atoms with Gasteiger partial charge in [-0.3, -0.25) is 4.21 Å². The van der Waals surface area contributed by atoms with Crippen molar-refractivity contribution in [2.24, 2.45) is 0 Å². The first kappa shape index (κ1) is 12.2. The van der Waals surface area contributed by atoms with E-state index in [-0.39, 0.29) is 17.6 Å². The summed E-state index contributed by atoms with van der Waals surface area (Å²) in [6, 6.07) is 4.86. The molecule has 0 amide bonds. The molecular formula is C11H15FO2S. The van der Waals surface area contributed by atoms with Gasteiger partial charge in [0.15, 0.2) is 17.5 Å². The van der Waals surface area contributed by atoms with Crippen molar-refractivity contribution in [2.75, 3.05) is 12.2 Å². The van der Waals surface area contributed by atoms with Crippen molar-refractivity contribution in [3.05, 3.63) is 29.6 Å². The van der Waals surface area contributed by atoms with Crippen molar-refractivity contribution >= 4 is 10.8 Å². The summed E-state index contributed by atoms with van der Waals surface area (Å²) in [6.07, 6.45) is 1.51. The molecule has 1 atom stereocenters. The highest BCUT2D eigenvalue weighted by Crippen LogP contribution is 2.22. The van der Waals surface area contributed by atoms with Crippen LogP contribution in [-0.4, -0.2) is 16.4 Å². The highest BCUT2D eigenvalue weighted by Gasteiger charge is 2.07. The summed E-state index contributed by atoms with van der Waals surface area (Å²) in [6.45, 7) is 3.99. The zero-order chi connectivity index (χ0) is 11.4. The summed E-state index contributed by atoms with van der Waals surface area (Å²) in [7, 11) is -1.08. The molecule has 0 aliphatic heterocycles. The summed E-state index contributed by atoms with van der Waals surface area (Å²) in [5.41, 5.74) is 0.928. The SMILES string of the molecule is CC(C)c1ccc(OCS(C)=O)c(F)c1. The summed E-state index contributed by atoms with van der Waals surface area (Å²) in [4.78, 5) is 0. The van der Waals surface area contributed by atoms with Crippen LogP contribution in [0.25, 0.3) is 0 Å². The standard InChI is InChI=1S/C11H15FO2S/c1-8(2)9-4-5-11(10(12)6-9)14-7-15(3)13/h4-6,8H,7H2,1-3H3. The van der Waals surface area contributed by atoms with Crippen LogP contribution in [0.2, 0.25) is 0 Å². The molecule has 1 aromatic rings. The van der Waals surface area contributed by atoms with E-state index in [0.717, 1.165) is 5.56 Å². The Bertz CT molecular complexity index is 364. The van der Waals surface area contributed by atoms with Crippen LogP contribution < -0.4 is 4.74 Å². The van der Waals surface area contributed by atoms with E-state index in [1.165, 1.54) is 12.3 Å². The smallest absolute Gasteiger partial charge is 0.165 e. The Labute approximate surface area is 91.9 Å². The van der Waals surface area contributed by atoms with Gasteiger partial charge in [0.1, 0.15) is 0 Å². The second-order valence-electron chi connectivity index (χ2n) is 3.68. The van der Waals surface area contributed by atoms with Crippen molar-refractivity contribution in [1.82, 2.24) is 0 Å². The molecule has 0 radical (unpaired) electrons. The van der Waals surface area contributed by atoms with Gasteiger partial charge in [0.2, 0.25) is 0 Å². The molecule has 4 heteroatoms. The highest BCUT2D eigenvalue weighted by molar-refractivity contribution is 7.84. The molecule has 0 heterocycles. The van der Waals surface area contributed by atoms with Crippen LogP contribution in [-0.2, 0) is 10.8 Å². The van der Waals surface area contributed by atoms with Crippen LogP contribution in [0.5, 0.6) is 5.75 Å². The van der Waals surface area contributed by atoms with Gasteiger partial charge >= 0.3 is 0 Å². The molecule has 1 rings (SSSR count). The van der Waals surface area contributed by atoms with Gasteiger partial charge < -0.3 is 4.74 Å². The topological polar surface area (TPSA) is 26.3 Å². The van der Waals surface area contributed by atoms with Crippen molar-refractivity contribution in [1.29, 1.82) is 0 Å². The van der Waals surface area contributed by atoms with Gasteiger partial charge in [0.05, 0.1) is 10.8 Å². The van der Waals surface area contributed by atoms with Crippen LogP contribution in [0.15, 0.2) is 18.2 Å². The van der Waals surface area contributed by atoms with Gasteiger partial charge in [-0.15, -0.1) is 0 Å². The van der Waals surface area contributed by atoms with Gasteiger partial charge in [0.25, 0.3) is 0 Å². The zero-order valence-electron chi connectivity index (χ0n) is 9.12. The average Bonchev–Trinajstić information content (AvgIpc) is 2.15. The number of hydrogen-bond donors (Lipinski definition) is 0. The van der Waals surface area contributed by atoms with Crippen LogP contribution in [0, 0.1) is 5.82 Å². The molecule has 0 fully saturated rings. The third-order valence-electron chi connectivity index (χ3n) is 2.00. The number of halogens is 1. The van der Waals surface area contributed by atoms with E-state index in [0.29, 0.717) is 0 Å². The van der Waals surface area contributed by atoms with Gasteiger partial charge in [-0.1, -0.05) is 19.9 Å². The largest absolute Gasteiger partial charge is 0.477 e. The first-order valence-corrected chi connectivity index (χ1v) is 6.45. The van der Waals surface area contributed by atoms with Crippen molar-refractivity contribution in [3.63, 3.8) is 0 Å². The van der Waals surface area contributed by atoms with Crippen molar-refractivity contribution < 1.29 is 13.3 Å². The molecule has 2 nitrogen and oxygen atoms in total. The summed E-state index contributed by atoms with van der Waals surface area (Å²) >= 11 is 0. The van der Waals surface area contributed by atoms with Crippen LogP contribution in [0.1, 0.15) is 25.3 Å². The first-order chi connectivity index (χ1) is 7.00. The quantitative estimate of drug-likeness (QED) is 0.795. The number of benzene rings is 1. The molecule has 1 aromatic carbocycles. The maximum atomic E-state index is 13.4. The molecule has 0 aliphatic rings. The molecule has 0 aliphatic carbocycles. The molecule has 15 heavy (non-hydrogen) atoms. The fourth-order valence-corrected chi connectivity index (χ4v) is 1.43. The van der Waals surface area contributed by atoms with E-state index >= 15 is 0 Å². The lowest BCUT2D eigenvalue weighted by molar-refractivity contribution is 0.362. The minimum Gasteiger partial charge on any atom is -0.477 e. The molecule has 0 saturated heterocycles. The van der Waals surface area contributed by atoms with E-state index in [4.69, 9.17) is 4.74 Å². The van der Waals surface area contributed by atoms with Crippen LogP contribution >= 0.6 is 0 Å². The summed E-state index contributed by atoms with van der Waals surface area (Å²) in [5.74, 6) is 0.0768. The Kier molecular flexibility index (Phi) is 4.27. The lowest BCUT2D eigenvalue weighted by atomic mass is 10.0. The lowest BCUT2D eigenvalue weighted by Crippen LogP contribution is -2.04.